The maximum Gasteiger partial charge on any atom is 0.0547 e. The molecule has 19 heavy (non-hydrogen) atoms. The van der Waals surface area contributed by atoms with E-state index in [1.165, 1.54) is 51.0 Å². The molecular weight excluding hydrogens is 234 g/mol. The second-order valence-electron chi connectivity index (χ2n) is 6.11. The first kappa shape index (κ1) is 13.1. The summed E-state index contributed by atoms with van der Waals surface area (Å²) in [4.78, 5) is 7.23. The minimum Gasteiger partial charge on any atom is -0.314 e. The highest BCUT2D eigenvalue weighted by atomic mass is 15.1. The summed E-state index contributed by atoms with van der Waals surface area (Å²) in [7, 11) is 0. The van der Waals surface area contributed by atoms with Crippen LogP contribution in [-0.4, -0.2) is 35.6 Å². The van der Waals surface area contributed by atoms with Crippen LogP contribution in [0.15, 0.2) is 18.2 Å². The largest absolute Gasteiger partial charge is 0.314 e. The highest BCUT2D eigenvalue weighted by molar-refractivity contribution is 5.10. The van der Waals surface area contributed by atoms with Gasteiger partial charge in [0.2, 0.25) is 0 Å². The van der Waals surface area contributed by atoms with Gasteiger partial charge < -0.3 is 5.32 Å². The van der Waals surface area contributed by atoms with Gasteiger partial charge in [-0.25, -0.2) is 0 Å². The molecule has 2 atom stereocenters. The lowest BCUT2D eigenvalue weighted by Crippen LogP contribution is -2.43. The average molecular weight is 259 g/mol. The van der Waals surface area contributed by atoms with Gasteiger partial charge in [0.1, 0.15) is 0 Å². The fourth-order valence-corrected chi connectivity index (χ4v) is 3.59. The molecule has 0 saturated carbocycles. The molecule has 0 aliphatic carbocycles. The fraction of sp³-hybridized carbons (Fsp3) is 0.688. The molecule has 3 rings (SSSR count). The molecule has 2 unspecified atom stereocenters. The molecular formula is C16H25N3. The second-order valence-corrected chi connectivity index (χ2v) is 6.11. The molecule has 0 bridgehead atoms. The Kier molecular flexibility index (Phi) is 4.14. The number of nitrogens with one attached hydrogen (secondary N) is 1. The number of aryl methyl sites for hydroxylation is 1. The molecule has 1 N–H and O–H groups in total. The third-order valence-electron chi connectivity index (χ3n) is 4.54. The van der Waals surface area contributed by atoms with Crippen molar-refractivity contribution in [2.75, 3.05) is 19.6 Å². The zero-order valence-corrected chi connectivity index (χ0v) is 11.9. The number of likely N-dealkylation sites (tertiary alicyclic amines) is 1. The lowest BCUT2D eigenvalue weighted by Gasteiger charge is -2.35. The van der Waals surface area contributed by atoms with E-state index in [1.807, 2.05) is 0 Å². The summed E-state index contributed by atoms with van der Waals surface area (Å²) in [6, 6.07) is 7.13. The molecule has 2 aliphatic rings. The van der Waals surface area contributed by atoms with Crippen LogP contribution in [0.25, 0.3) is 0 Å². The van der Waals surface area contributed by atoms with Crippen LogP contribution >= 0.6 is 0 Å². The summed E-state index contributed by atoms with van der Waals surface area (Å²) < 4.78 is 0. The summed E-state index contributed by atoms with van der Waals surface area (Å²) in [5, 5.41) is 3.68. The van der Waals surface area contributed by atoms with E-state index >= 15 is 0 Å². The number of rotatable bonds is 3. The van der Waals surface area contributed by atoms with Gasteiger partial charge in [0.15, 0.2) is 0 Å². The van der Waals surface area contributed by atoms with Crippen molar-refractivity contribution in [3.8, 4) is 0 Å². The van der Waals surface area contributed by atoms with E-state index in [2.05, 4.69) is 40.3 Å². The molecule has 1 aromatic rings. The van der Waals surface area contributed by atoms with E-state index < -0.39 is 0 Å². The van der Waals surface area contributed by atoms with Crippen molar-refractivity contribution in [2.45, 2.75) is 45.2 Å². The molecule has 3 heteroatoms. The molecule has 104 valence electrons. The van der Waals surface area contributed by atoms with Crippen molar-refractivity contribution in [2.24, 2.45) is 5.92 Å². The van der Waals surface area contributed by atoms with E-state index in [-0.39, 0.29) is 0 Å². The van der Waals surface area contributed by atoms with Crippen molar-refractivity contribution >= 4 is 0 Å². The zero-order valence-electron chi connectivity index (χ0n) is 11.9. The summed E-state index contributed by atoms with van der Waals surface area (Å²) in [5.41, 5.74) is 2.35. The number of piperidine rings is 1. The number of hydrogen-bond acceptors (Lipinski definition) is 3. The maximum atomic E-state index is 4.63. The van der Waals surface area contributed by atoms with Gasteiger partial charge in [0, 0.05) is 24.8 Å². The van der Waals surface area contributed by atoms with Crippen LogP contribution in [0.4, 0.5) is 0 Å². The van der Waals surface area contributed by atoms with E-state index in [0.717, 1.165) is 24.2 Å². The lowest BCUT2D eigenvalue weighted by atomic mass is 9.90. The Labute approximate surface area is 116 Å². The Hall–Kier alpha value is -0.930. The Bertz CT molecular complexity index is 412. The fourth-order valence-electron chi connectivity index (χ4n) is 3.59. The molecule has 0 amide bonds. The van der Waals surface area contributed by atoms with Gasteiger partial charge in [-0.05, 0) is 63.7 Å². The lowest BCUT2D eigenvalue weighted by molar-refractivity contribution is 0.144. The SMILES string of the molecule is Cc1cccc(CN2CCCC(C3CCCN3)C2)n1. The van der Waals surface area contributed by atoms with Gasteiger partial charge in [-0.1, -0.05) is 6.07 Å². The quantitative estimate of drug-likeness (QED) is 0.903. The summed E-state index contributed by atoms with van der Waals surface area (Å²) in [6.45, 7) is 6.79. The third kappa shape index (κ3) is 3.34. The minimum atomic E-state index is 0.772. The Morgan fingerprint density at radius 2 is 2.26 bits per heavy atom. The standard InChI is InChI=1S/C16H25N3/c1-13-5-2-7-15(18-13)12-19-10-4-6-14(11-19)16-8-3-9-17-16/h2,5,7,14,16-17H,3-4,6,8-12H2,1H3. The molecule has 3 nitrogen and oxygen atoms in total. The molecule has 2 saturated heterocycles. The van der Waals surface area contributed by atoms with Crippen molar-refractivity contribution in [3.05, 3.63) is 29.6 Å². The van der Waals surface area contributed by atoms with Crippen molar-refractivity contribution in [1.82, 2.24) is 15.2 Å². The first-order valence-electron chi connectivity index (χ1n) is 7.69. The molecule has 2 fully saturated rings. The summed E-state index contributed by atoms with van der Waals surface area (Å²) >= 11 is 0. The van der Waals surface area contributed by atoms with E-state index in [9.17, 15) is 0 Å². The predicted molar refractivity (Wildman–Crippen MR) is 78.0 cm³/mol. The predicted octanol–water partition coefficient (Wildman–Crippen LogP) is 2.35. The Morgan fingerprint density at radius 3 is 3.05 bits per heavy atom. The Morgan fingerprint density at radius 1 is 1.32 bits per heavy atom. The minimum absolute atomic E-state index is 0.772. The van der Waals surface area contributed by atoms with Crippen LogP contribution in [0.3, 0.4) is 0 Å². The van der Waals surface area contributed by atoms with Gasteiger partial charge in [-0.15, -0.1) is 0 Å². The highest BCUT2D eigenvalue weighted by Gasteiger charge is 2.28. The molecule has 0 aromatic carbocycles. The van der Waals surface area contributed by atoms with Crippen molar-refractivity contribution < 1.29 is 0 Å². The van der Waals surface area contributed by atoms with Crippen molar-refractivity contribution in [3.63, 3.8) is 0 Å². The van der Waals surface area contributed by atoms with Gasteiger partial charge in [-0.2, -0.15) is 0 Å². The third-order valence-corrected chi connectivity index (χ3v) is 4.54. The van der Waals surface area contributed by atoms with Crippen LogP contribution in [0, 0.1) is 12.8 Å². The highest BCUT2D eigenvalue weighted by Crippen LogP contribution is 2.25. The van der Waals surface area contributed by atoms with E-state index in [1.54, 1.807) is 0 Å². The summed E-state index contributed by atoms with van der Waals surface area (Å²) in [6.07, 6.45) is 5.48. The van der Waals surface area contributed by atoms with Gasteiger partial charge >= 0.3 is 0 Å². The van der Waals surface area contributed by atoms with Crippen LogP contribution in [-0.2, 0) is 6.54 Å². The molecule has 3 heterocycles. The smallest absolute Gasteiger partial charge is 0.0547 e. The normalized spacial score (nSPS) is 28.7. The Balaban J connectivity index is 1.58. The number of hydrogen-bond donors (Lipinski definition) is 1. The van der Waals surface area contributed by atoms with E-state index in [4.69, 9.17) is 0 Å². The molecule has 1 aromatic heterocycles. The van der Waals surface area contributed by atoms with Crippen LogP contribution in [0.5, 0.6) is 0 Å². The molecule has 0 spiro atoms. The van der Waals surface area contributed by atoms with Crippen LogP contribution in [0.1, 0.15) is 37.1 Å². The molecule has 0 radical (unpaired) electrons. The molecule has 2 aliphatic heterocycles. The second kappa shape index (κ2) is 6.02. The van der Waals surface area contributed by atoms with Gasteiger partial charge in [0.25, 0.3) is 0 Å². The van der Waals surface area contributed by atoms with E-state index in [0.29, 0.717) is 0 Å². The number of nitrogens with zero attached hydrogens (tertiary/aromatic N) is 2. The average Bonchev–Trinajstić information content (AvgIpc) is 2.93. The van der Waals surface area contributed by atoms with Crippen LogP contribution < -0.4 is 5.32 Å². The van der Waals surface area contributed by atoms with Crippen molar-refractivity contribution in [1.29, 1.82) is 0 Å². The van der Waals surface area contributed by atoms with Gasteiger partial charge in [0.05, 0.1) is 5.69 Å². The maximum absolute atomic E-state index is 4.63. The summed E-state index contributed by atoms with van der Waals surface area (Å²) in [5.74, 6) is 0.848. The monoisotopic (exact) mass is 259 g/mol. The topological polar surface area (TPSA) is 28.2 Å². The number of aromatic nitrogens is 1. The van der Waals surface area contributed by atoms with Crippen LogP contribution in [0.2, 0.25) is 0 Å². The zero-order chi connectivity index (χ0) is 13.1. The first-order chi connectivity index (χ1) is 9.31. The first-order valence-corrected chi connectivity index (χ1v) is 7.69. The van der Waals surface area contributed by atoms with Gasteiger partial charge in [-0.3, -0.25) is 9.88 Å². The number of pyridine rings is 1.